The number of carbonyl (C=O) groups is 1. The lowest BCUT2D eigenvalue weighted by molar-refractivity contribution is -0.133. The number of nitrogens with zero attached hydrogens (tertiary/aromatic N) is 1. The van der Waals surface area contributed by atoms with E-state index in [1.807, 2.05) is 17.0 Å². The van der Waals surface area contributed by atoms with Gasteiger partial charge in [-0.05, 0) is 43.4 Å². The third-order valence-electron chi connectivity index (χ3n) is 3.76. The summed E-state index contributed by atoms with van der Waals surface area (Å²) in [6.45, 7) is 3.33. The number of nitrogens with two attached hydrogens (primary N) is 1. The van der Waals surface area contributed by atoms with Crippen molar-refractivity contribution >= 4 is 5.91 Å². The standard InChI is InChI=1S/C15H22N2O2/c1-11(16)15(18)17-8-6-12(7-9-17)13-4-3-5-14(10-13)19-2/h3-5,10-12H,6-9,16H2,1-2H3. The largest absolute Gasteiger partial charge is 0.497 e. The molecule has 0 spiro atoms. The van der Waals surface area contributed by atoms with Gasteiger partial charge in [-0.1, -0.05) is 12.1 Å². The van der Waals surface area contributed by atoms with E-state index in [0.29, 0.717) is 5.92 Å². The van der Waals surface area contributed by atoms with E-state index in [-0.39, 0.29) is 5.91 Å². The van der Waals surface area contributed by atoms with Crippen LogP contribution >= 0.6 is 0 Å². The molecule has 1 atom stereocenters. The average molecular weight is 262 g/mol. The van der Waals surface area contributed by atoms with E-state index in [4.69, 9.17) is 10.5 Å². The van der Waals surface area contributed by atoms with E-state index >= 15 is 0 Å². The fourth-order valence-electron chi connectivity index (χ4n) is 2.62. The number of amides is 1. The molecular formula is C15H22N2O2. The molecule has 1 aliphatic rings. The molecule has 1 heterocycles. The van der Waals surface area contributed by atoms with Crippen LogP contribution in [0.25, 0.3) is 0 Å². The van der Waals surface area contributed by atoms with E-state index in [2.05, 4.69) is 12.1 Å². The van der Waals surface area contributed by atoms with Crippen LogP contribution < -0.4 is 10.5 Å². The number of likely N-dealkylation sites (tertiary alicyclic amines) is 1. The van der Waals surface area contributed by atoms with Crippen LogP contribution in [0.3, 0.4) is 0 Å². The number of piperidine rings is 1. The fraction of sp³-hybridized carbons (Fsp3) is 0.533. The molecule has 1 aromatic rings. The maximum atomic E-state index is 11.8. The van der Waals surface area contributed by atoms with Gasteiger partial charge in [-0.25, -0.2) is 0 Å². The van der Waals surface area contributed by atoms with Crippen molar-refractivity contribution in [1.29, 1.82) is 0 Å². The van der Waals surface area contributed by atoms with Crippen molar-refractivity contribution in [2.45, 2.75) is 31.7 Å². The first kappa shape index (κ1) is 13.9. The van der Waals surface area contributed by atoms with Crippen molar-refractivity contribution in [3.63, 3.8) is 0 Å². The van der Waals surface area contributed by atoms with Gasteiger partial charge in [0.1, 0.15) is 5.75 Å². The van der Waals surface area contributed by atoms with Gasteiger partial charge in [0.05, 0.1) is 13.2 Å². The van der Waals surface area contributed by atoms with Gasteiger partial charge in [-0.15, -0.1) is 0 Å². The highest BCUT2D eigenvalue weighted by Gasteiger charge is 2.25. The van der Waals surface area contributed by atoms with Gasteiger partial charge < -0.3 is 15.4 Å². The monoisotopic (exact) mass is 262 g/mol. The summed E-state index contributed by atoms with van der Waals surface area (Å²) in [5, 5.41) is 0. The predicted octanol–water partition coefficient (Wildman–Crippen LogP) is 1.75. The molecule has 1 unspecified atom stereocenters. The molecule has 4 nitrogen and oxygen atoms in total. The highest BCUT2D eigenvalue weighted by Crippen LogP contribution is 2.30. The number of ether oxygens (including phenoxy) is 1. The fourth-order valence-corrected chi connectivity index (χ4v) is 2.62. The third-order valence-corrected chi connectivity index (χ3v) is 3.76. The molecule has 1 saturated heterocycles. The minimum atomic E-state index is -0.395. The van der Waals surface area contributed by atoms with E-state index in [1.54, 1.807) is 14.0 Å². The second kappa shape index (κ2) is 6.06. The molecule has 0 bridgehead atoms. The van der Waals surface area contributed by atoms with Gasteiger partial charge >= 0.3 is 0 Å². The Morgan fingerprint density at radius 2 is 2.11 bits per heavy atom. The van der Waals surface area contributed by atoms with Crippen LogP contribution in [-0.2, 0) is 4.79 Å². The molecule has 0 saturated carbocycles. The average Bonchev–Trinajstić information content (AvgIpc) is 2.46. The van der Waals surface area contributed by atoms with Crippen molar-refractivity contribution in [3.05, 3.63) is 29.8 Å². The number of rotatable bonds is 3. The molecule has 1 aliphatic heterocycles. The maximum Gasteiger partial charge on any atom is 0.239 e. The first-order chi connectivity index (χ1) is 9.11. The molecule has 1 amide bonds. The van der Waals surface area contributed by atoms with Gasteiger partial charge in [-0.2, -0.15) is 0 Å². The Bertz CT molecular complexity index is 438. The van der Waals surface area contributed by atoms with Crippen LogP contribution in [-0.4, -0.2) is 37.0 Å². The summed E-state index contributed by atoms with van der Waals surface area (Å²) in [6.07, 6.45) is 1.98. The Hall–Kier alpha value is -1.55. The second-order valence-corrected chi connectivity index (χ2v) is 5.16. The molecular weight excluding hydrogens is 240 g/mol. The summed E-state index contributed by atoms with van der Waals surface area (Å²) in [5.41, 5.74) is 6.94. The summed E-state index contributed by atoms with van der Waals surface area (Å²) in [4.78, 5) is 13.7. The SMILES string of the molecule is COc1cccc(C2CCN(C(=O)C(C)N)CC2)c1. The molecule has 2 rings (SSSR count). The van der Waals surface area contributed by atoms with Crippen LogP contribution in [0.5, 0.6) is 5.75 Å². The van der Waals surface area contributed by atoms with Crippen LogP contribution in [0.15, 0.2) is 24.3 Å². The molecule has 1 aromatic carbocycles. The first-order valence-corrected chi connectivity index (χ1v) is 6.80. The minimum absolute atomic E-state index is 0.0593. The Balaban J connectivity index is 1.97. The highest BCUT2D eigenvalue weighted by atomic mass is 16.5. The number of hydrogen-bond donors (Lipinski definition) is 1. The molecule has 1 fully saturated rings. The van der Waals surface area contributed by atoms with Crippen molar-refractivity contribution in [2.24, 2.45) is 5.73 Å². The quantitative estimate of drug-likeness (QED) is 0.903. The van der Waals surface area contributed by atoms with E-state index in [1.165, 1.54) is 5.56 Å². The minimum Gasteiger partial charge on any atom is -0.497 e. The molecule has 2 N–H and O–H groups in total. The zero-order chi connectivity index (χ0) is 13.8. The zero-order valence-corrected chi connectivity index (χ0v) is 11.6. The highest BCUT2D eigenvalue weighted by molar-refractivity contribution is 5.81. The van der Waals surface area contributed by atoms with Gasteiger partial charge in [0.25, 0.3) is 0 Å². The normalized spacial score (nSPS) is 18.2. The Kier molecular flexibility index (Phi) is 4.43. The lowest BCUT2D eigenvalue weighted by Crippen LogP contribution is -2.45. The number of methoxy groups -OCH3 is 1. The third kappa shape index (κ3) is 3.26. The Labute approximate surface area is 114 Å². The molecule has 19 heavy (non-hydrogen) atoms. The number of benzene rings is 1. The second-order valence-electron chi connectivity index (χ2n) is 5.16. The number of carbonyl (C=O) groups excluding carboxylic acids is 1. The topological polar surface area (TPSA) is 55.6 Å². The maximum absolute atomic E-state index is 11.8. The van der Waals surface area contributed by atoms with Crippen molar-refractivity contribution in [2.75, 3.05) is 20.2 Å². The predicted molar refractivity (Wildman–Crippen MR) is 75.2 cm³/mol. The summed E-state index contributed by atoms with van der Waals surface area (Å²) < 4.78 is 5.26. The van der Waals surface area contributed by atoms with E-state index in [9.17, 15) is 4.79 Å². The van der Waals surface area contributed by atoms with Gasteiger partial charge in [0, 0.05) is 13.1 Å². The van der Waals surface area contributed by atoms with Crippen LogP contribution in [0.2, 0.25) is 0 Å². The van der Waals surface area contributed by atoms with Crippen LogP contribution in [0, 0.1) is 0 Å². The first-order valence-electron chi connectivity index (χ1n) is 6.80. The Morgan fingerprint density at radius 3 is 2.68 bits per heavy atom. The molecule has 4 heteroatoms. The summed E-state index contributed by atoms with van der Waals surface area (Å²) in [5.74, 6) is 1.46. The molecule has 104 valence electrons. The molecule has 0 aromatic heterocycles. The smallest absolute Gasteiger partial charge is 0.239 e. The van der Waals surface area contributed by atoms with Crippen LogP contribution in [0.1, 0.15) is 31.2 Å². The summed E-state index contributed by atoms with van der Waals surface area (Å²) >= 11 is 0. The van der Waals surface area contributed by atoms with Crippen LogP contribution in [0.4, 0.5) is 0 Å². The molecule has 0 aliphatic carbocycles. The van der Waals surface area contributed by atoms with E-state index < -0.39 is 6.04 Å². The lowest BCUT2D eigenvalue weighted by Gasteiger charge is -2.33. The van der Waals surface area contributed by atoms with Crippen molar-refractivity contribution in [3.8, 4) is 5.75 Å². The summed E-state index contributed by atoms with van der Waals surface area (Å²) in [7, 11) is 1.68. The molecule has 0 radical (unpaired) electrons. The lowest BCUT2D eigenvalue weighted by atomic mass is 9.89. The van der Waals surface area contributed by atoms with Crippen molar-refractivity contribution in [1.82, 2.24) is 4.90 Å². The van der Waals surface area contributed by atoms with Gasteiger partial charge in [0.2, 0.25) is 5.91 Å². The summed E-state index contributed by atoms with van der Waals surface area (Å²) in [6, 6.07) is 7.81. The van der Waals surface area contributed by atoms with Gasteiger partial charge in [0.15, 0.2) is 0 Å². The van der Waals surface area contributed by atoms with Crippen molar-refractivity contribution < 1.29 is 9.53 Å². The Morgan fingerprint density at radius 1 is 1.42 bits per heavy atom. The zero-order valence-electron chi connectivity index (χ0n) is 11.6. The van der Waals surface area contributed by atoms with Gasteiger partial charge in [-0.3, -0.25) is 4.79 Å². The number of hydrogen-bond acceptors (Lipinski definition) is 3. The van der Waals surface area contributed by atoms with E-state index in [0.717, 1.165) is 31.7 Å².